The van der Waals surface area contributed by atoms with Crippen molar-refractivity contribution in [3.8, 4) is 17.1 Å². The average Bonchev–Trinajstić information content (AvgIpc) is 2.83. The van der Waals surface area contributed by atoms with Crippen LogP contribution < -0.4 is 4.74 Å². The highest BCUT2D eigenvalue weighted by Crippen LogP contribution is 2.23. The van der Waals surface area contributed by atoms with E-state index in [4.69, 9.17) is 4.74 Å². The van der Waals surface area contributed by atoms with Gasteiger partial charge in [-0.25, -0.2) is 9.97 Å². The van der Waals surface area contributed by atoms with E-state index in [1.54, 1.807) is 31.9 Å². The largest absolute Gasteiger partial charge is 0.478 e. The molecule has 3 rings (SSSR count). The maximum absolute atomic E-state index is 5.17. The first kappa shape index (κ1) is 9.77. The normalized spacial score (nSPS) is 10.6. The second kappa shape index (κ2) is 3.86. The number of aromatic nitrogens is 4. The van der Waals surface area contributed by atoms with Crippen LogP contribution in [0.15, 0.2) is 43.1 Å². The minimum atomic E-state index is 0.516. The number of hydrogen-bond acceptors (Lipinski definition) is 4. The monoisotopic (exact) mass is 226 g/mol. The van der Waals surface area contributed by atoms with Gasteiger partial charge in [-0.3, -0.25) is 9.38 Å². The van der Waals surface area contributed by atoms with Gasteiger partial charge in [-0.2, -0.15) is 0 Å². The first-order chi connectivity index (χ1) is 8.40. The molecule has 0 atom stereocenters. The van der Waals surface area contributed by atoms with Gasteiger partial charge in [0.25, 0.3) is 5.88 Å². The van der Waals surface area contributed by atoms with Crippen molar-refractivity contribution in [2.24, 2.45) is 0 Å². The minimum Gasteiger partial charge on any atom is -0.478 e. The van der Waals surface area contributed by atoms with Crippen molar-refractivity contribution in [1.29, 1.82) is 0 Å². The molecule has 5 heteroatoms. The van der Waals surface area contributed by atoms with Crippen LogP contribution in [0.25, 0.3) is 16.9 Å². The highest BCUT2D eigenvalue weighted by Gasteiger charge is 2.09. The second-order valence-electron chi connectivity index (χ2n) is 3.52. The van der Waals surface area contributed by atoms with E-state index >= 15 is 0 Å². The Bertz CT molecular complexity index is 648. The lowest BCUT2D eigenvalue weighted by atomic mass is 10.2. The predicted molar refractivity (Wildman–Crippen MR) is 62.8 cm³/mol. The summed E-state index contributed by atoms with van der Waals surface area (Å²) >= 11 is 0. The van der Waals surface area contributed by atoms with Gasteiger partial charge in [-0.1, -0.05) is 0 Å². The lowest BCUT2D eigenvalue weighted by Crippen LogP contribution is -1.94. The summed E-state index contributed by atoms with van der Waals surface area (Å²) < 4.78 is 7.10. The number of hydrogen-bond donors (Lipinski definition) is 0. The summed E-state index contributed by atoms with van der Waals surface area (Å²) in [4.78, 5) is 12.5. The van der Waals surface area contributed by atoms with Gasteiger partial charge in [0.15, 0.2) is 0 Å². The molecular weight excluding hydrogens is 216 g/mol. The molecular formula is C12H10N4O. The molecule has 0 saturated heterocycles. The van der Waals surface area contributed by atoms with Crippen LogP contribution >= 0.6 is 0 Å². The zero-order valence-electron chi connectivity index (χ0n) is 9.24. The van der Waals surface area contributed by atoms with Crippen molar-refractivity contribution in [3.63, 3.8) is 0 Å². The molecule has 84 valence electrons. The third-order valence-electron chi connectivity index (χ3n) is 2.55. The Hall–Kier alpha value is -2.43. The maximum Gasteiger partial charge on any atom is 0.258 e. The van der Waals surface area contributed by atoms with E-state index in [-0.39, 0.29) is 0 Å². The van der Waals surface area contributed by atoms with Crippen LogP contribution in [-0.2, 0) is 0 Å². The fourth-order valence-electron chi connectivity index (χ4n) is 1.77. The Morgan fingerprint density at radius 1 is 1.18 bits per heavy atom. The highest BCUT2D eigenvalue weighted by atomic mass is 16.5. The molecule has 3 aromatic rings. The number of ether oxygens (including phenoxy) is 1. The molecule has 0 unspecified atom stereocenters. The van der Waals surface area contributed by atoms with Crippen LogP contribution in [-0.4, -0.2) is 26.5 Å². The third-order valence-corrected chi connectivity index (χ3v) is 2.55. The molecule has 17 heavy (non-hydrogen) atoms. The predicted octanol–water partition coefficient (Wildman–Crippen LogP) is 1.80. The van der Waals surface area contributed by atoms with Crippen molar-refractivity contribution < 1.29 is 4.74 Å². The van der Waals surface area contributed by atoms with E-state index in [1.807, 2.05) is 22.7 Å². The van der Waals surface area contributed by atoms with E-state index in [1.165, 1.54) is 0 Å². The number of rotatable bonds is 2. The van der Waals surface area contributed by atoms with Gasteiger partial charge in [0.1, 0.15) is 0 Å². The van der Waals surface area contributed by atoms with Crippen LogP contribution in [0.5, 0.6) is 5.88 Å². The van der Waals surface area contributed by atoms with Crippen LogP contribution in [0, 0.1) is 0 Å². The van der Waals surface area contributed by atoms with Crippen LogP contribution in [0.4, 0.5) is 0 Å². The number of pyridine rings is 1. The Morgan fingerprint density at radius 3 is 2.88 bits per heavy atom. The fourth-order valence-corrected chi connectivity index (χ4v) is 1.77. The minimum absolute atomic E-state index is 0.516. The van der Waals surface area contributed by atoms with Gasteiger partial charge in [0, 0.05) is 30.4 Å². The SMILES string of the molecule is COc1nccn2c(-c3cccnc3)cnc12. The van der Waals surface area contributed by atoms with Gasteiger partial charge in [0.05, 0.1) is 19.0 Å². The first-order valence-corrected chi connectivity index (χ1v) is 5.16. The van der Waals surface area contributed by atoms with Crippen LogP contribution in [0.1, 0.15) is 0 Å². The van der Waals surface area contributed by atoms with Crippen molar-refractivity contribution >= 4 is 5.65 Å². The molecule has 5 nitrogen and oxygen atoms in total. The van der Waals surface area contributed by atoms with Gasteiger partial charge < -0.3 is 4.74 Å². The zero-order valence-corrected chi connectivity index (χ0v) is 9.24. The Labute approximate surface area is 97.7 Å². The molecule has 0 radical (unpaired) electrons. The van der Waals surface area contributed by atoms with Crippen LogP contribution in [0.3, 0.4) is 0 Å². The molecule has 0 bridgehead atoms. The molecule has 0 aliphatic rings. The molecule has 0 saturated carbocycles. The molecule has 3 heterocycles. The van der Waals surface area contributed by atoms with Gasteiger partial charge >= 0.3 is 0 Å². The van der Waals surface area contributed by atoms with Crippen molar-refractivity contribution in [2.75, 3.05) is 7.11 Å². The molecule has 0 aliphatic carbocycles. The van der Waals surface area contributed by atoms with E-state index < -0.39 is 0 Å². The number of imidazole rings is 1. The summed E-state index contributed by atoms with van der Waals surface area (Å²) in [5, 5.41) is 0. The standard InChI is InChI=1S/C12H10N4O/c1-17-12-11-15-8-10(16(11)6-5-14-12)9-3-2-4-13-7-9/h2-8H,1H3. The van der Waals surface area contributed by atoms with Crippen molar-refractivity contribution in [2.45, 2.75) is 0 Å². The molecule has 0 aromatic carbocycles. The van der Waals surface area contributed by atoms with E-state index in [0.717, 1.165) is 11.3 Å². The number of nitrogens with zero attached hydrogens (tertiary/aromatic N) is 4. The Kier molecular flexibility index (Phi) is 2.22. The molecule has 0 fully saturated rings. The molecule has 3 aromatic heterocycles. The summed E-state index contributed by atoms with van der Waals surface area (Å²) in [5.41, 5.74) is 2.68. The van der Waals surface area contributed by atoms with Gasteiger partial charge in [0.2, 0.25) is 5.65 Å². The highest BCUT2D eigenvalue weighted by molar-refractivity contribution is 5.64. The van der Waals surface area contributed by atoms with Crippen molar-refractivity contribution in [3.05, 3.63) is 43.1 Å². The zero-order chi connectivity index (χ0) is 11.7. The smallest absolute Gasteiger partial charge is 0.258 e. The summed E-state index contributed by atoms with van der Waals surface area (Å²) in [7, 11) is 1.58. The third kappa shape index (κ3) is 1.52. The molecule has 0 N–H and O–H groups in total. The van der Waals surface area contributed by atoms with E-state index in [0.29, 0.717) is 11.5 Å². The van der Waals surface area contributed by atoms with Gasteiger partial charge in [-0.15, -0.1) is 0 Å². The maximum atomic E-state index is 5.17. The van der Waals surface area contributed by atoms with Crippen LogP contribution in [0.2, 0.25) is 0 Å². The van der Waals surface area contributed by atoms with Gasteiger partial charge in [-0.05, 0) is 12.1 Å². The lowest BCUT2D eigenvalue weighted by Gasteiger charge is -2.03. The quantitative estimate of drug-likeness (QED) is 0.668. The Balaban J connectivity index is 2.26. The Morgan fingerprint density at radius 2 is 2.12 bits per heavy atom. The summed E-state index contributed by atoms with van der Waals surface area (Å²) in [5.74, 6) is 0.516. The number of methoxy groups -OCH3 is 1. The summed E-state index contributed by atoms with van der Waals surface area (Å²) in [6.45, 7) is 0. The second-order valence-corrected chi connectivity index (χ2v) is 3.52. The topological polar surface area (TPSA) is 52.3 Å². The lowest BCUT2D eigenvalue weighted by molar-refractivity contribution is 0.400. The average molecular weight is 226 g/mol. The summed E-state index contributed by atoms with van der Waals surface area (Å²) in [6, 6.07) is 3.89. The van der Waals surface area contributed by atoms with E-state index in [9.17, 15) is 0 Å². The fraction of sp³-hybridized carbons (Fsp3) is 0.0833. The van der Waals surface area contributed by atoms with E-state index in [2.05, 4.69) is 15.0 Å². The molecule has 0 aliphatic heterocycles. The number of fused-ring (bicyclic) bond motifs is 1. The molecule has 0 amide bonds. The summed E-state index contributed by atoms with van der Waals surface area (Å²) in [6.07, 6.45) is 8.88. The first-order valence-electron chi connectivity index (χ1n) is 5.16. The molecule has 0 spiro atoms. The van der Waals surface area contributed by atoms with Crippen molar-refractivity contribution in [1.82, 2.24) is 19.4 Å².